The Morgan fingerprint density at radius 3 is 2.60 bits per heavy atom. The van der Waals surface area contributed by atoms with Gasteiger partial charge in [0.25, 0.3) is 0 Å². The topological polar surface area (TPSA) is 52.4 Å². The number of nitrogens with zero attached hydrogens (tertiary/aromatic N) is 1. The van der Waals surface area contributed by atoms with Crippen molar-refractivity contribution in [3.63, 3.8) is 0 Å². The first-order valence-corrected chi connectivity index (χ1v) is 4.32. The summed E-state index contributed by atoms with van der Waals surface area (Å²) in [5.74, 6) is -2.34. The molecule has 0 spiro atoms. The van der Waals surface area contributed by atoms with Gasteiger partial charge in [0.2, 0.25) is 5.82 Å². The van der Waals surface area contributed by atoms with Crippen LogP contribution in [0.4, 0.5) is 14.5 Å². The van der Waals surface area contributed by atoms with E-state index in [4.69, 9.17) is 4.74 Å². The van der Waals surface area contributed by atoms with Crippen molar-refractivity contribution < 1.29 is 18.4 Å². The zero-order chi connectivity index (χ0) is 11.4. The maximum Gasteiger partial charge on any atom is 0.307 e. The predicted molar refractivity (Wildman–Crippen MR) is 48.8 cm³/mol. The maximum absolute atomic E-state index is 13.1. The minimum absolute atomic E-state index is 0.230. The van der Waals surface area contributed by atoms with Crippen LogP contribution in [0.2, 0.25) is 0 Å². The van der Waals surface area contributed by atoms with Gasteiger partial charge in [-0.1, -0.05) is 6.92 Å². The van der Waals surface area contributed by atoms with Crippen LogP contribution in [0.25, 0.3) is 0 Å². The average Bonchev–Trinajstić information content (AvgIpc) is 2.18. The van der Waals surface area contributed by atoms with Crippen molar-refractivity contribution in [2.75, 3.05) is 6.61 Å². The predicted octanol–water partition coefficient (Wildman–Crippen LogP) is 2.66. The lowest BCUT2D eigenvalue weighted by molar-refractivity contribution is -0.387. The van der Waals surface area contributed by atoms with Crippen LogP contribution in [0.3, 0.4) is 0 Å². The van der Waals surface area contributed by atoms with Crippen molar-refractivity contribution in [1.29, 1.82) is 0 Å². The summed E-state index contributed by atoms with van der Waals surface area (Å²) in [6, 6.07) is 1.20. The molecule has 0 aliphatic rings. The van der Waals surface area contributed by atoms with E-state index in [1.807, 2.05) is 0 Å². The molecule has 1 aromatic carbocycles. The lowest BCUT2D eigenvalue weighted by atomic mass is 10.3. The normalized spacial score (nSPS) is 10.1. The van der Waals surface area contributed by atoms with Gasteiger partial charge in [-0.2, -0.15) is 4.39 Å². The van der Waals surface area contributed by atoms with E-state index in [0.29, 0.717) is 18.6 Å². The molecule has 0 radical (unpaired) electrons. The number of nitro benzene ring substituents is 1. The molecule has 0 saturated heterocycles. The molecule has 0 aliphatic carbocycles. The van der Waals surface area contributed by atoms with E-state index in [0.717, 1.165) is 0 Å². The van der Waals surface area contributed by atoms with Crippen LogP contribution in [0.1, 0.15) is 13.3 Å². The van der Waals surface area contributed by atoms with Gasteiger partial charge < -0.3 is 4.74 Å². The van der Waals surface area contributed by atoms with E-state index in [-0.39, 0.29) is 12.4 Å². The molecule has 4 nitrogen and oxygen atoms in total. The Kier molecular flexibility index (Phi) is 3.54. The lowest BCUT2D eigenvalue weighted by Gasteiger charge is -2.05. The van der Waals surface area contributed by atoms with Gasteiger partial charge in [0.1, 0.15) is 0 Å². The van der Waals surface area contributed by atoms with Crippen molar-refractivity contribution in [2.24, 2.45) is 0 Å². The quantitative estimate of drug-likeness (QED) is 0.575. The molecule has 0 unspecified atom stereocenters. The van der Waals surface area contributed by atoms with E-state index < -0.39 is 22.2 Å². The van der Waals surface area contributed by atoms with Crippen LogP contribution < -0.4 is 4.74 Å². The molecule has 6 heteroatoms. The van der Waals surface area contributed by atoms with E-state index in [1.54, 1.807) is 6.92 Å². The van der Waals surface area contributed by atoms with Crippen molar-refractivity contribution in [3.8, 4) is 5.75 Å². The summed E-state index contributed by atoms with van der Waals surface area (Å²) in [5, 5.41) is 10.3. The van der Waals surface area contributed by atoms with Crippen LogP contribution in [0.15, 0.2) is 12.1 Å². The van der Waals surface area contributed by atoms with Crippen molar-refractivity contribution in [3.05, 3.63) is 33.9 Å². The molecule has 15 heavy (non-hydrogen) atoms. The first-order valence-electron chi connectivity index (χ1n) is 4.32. The number of hydrogen-bond donors (Lipinski definition) is 0. The molecule has 0 amide bonds. The first kappa shape index (κ1) is 11.4. The Labute approximate surface area is 84.6 Å². The van der Waals surface area contributed by atoms with Gasteiger partial charge in [0, 0.05) is 6.07 Å². The number of hydrogen-bond acceptors (Lipinski definition) is 3. The third-order valence-electron chi connectivity index (χ3n) is 1.66. The van der Waals surface area contributed by atoms with Gasteiger partial charge in [0.15, 0.2) is 11.6 Å². The van der Waals surface area contributed by atoms with Crippen molar-refractivity contribution in [1.82, 2.24) is 0 Å². The van der Waals surface area contributed by atoms with Crippen LogP contribution in [0, 0.1) is 21.7 Å². The summed E-state index contributed by atoms with van der Waals surface area (Å²) in [4.78, 5) is 9.27. The fourth-order valence-electron chi connectivity index (χ4n) is 0.981. The number of nitro groups is 1. The monoisotopic (exact) mass is 217 g/mol. The number of halogens is 2. The Morgan fingerprint density at radius 2 is 2.07 bits per heavy atom. The molecule has 0 aromatic heterocycles. The van der Waals surface area contributed by atoms with Crippen LogP contribution in [-0.2, 0) is 0 Å². The second-order valence-corrected chi connectivity index (χ2v) is 2.84. The highest BCUT2D eigenvalue weighted by Gasteiger charge is 2.18. The maximum atomic E-state index is 13.1. The van der Waals surface area contributed by atoms with Crippen molar-refractivity contribution >= 4 is 5.69 Å². The van der Waals surface area contributed by atoms with Crippen LogP contribution >= 0.6 is 0 Å². The second kappa shape index (κ2) is 4.68. The van der Waals surface area contributed by atoms with Gasteiger partial charge in [-0.05, 0) is 6.42 Å². The fraction of sp³-hybridized carbons (Fsp3) is 0.333. The highest BCUT2D eigenvalue weighted by Crippen LogP contribution is 2.26. The summed E-state index contributed by atoms with van der Waals surface area (Å²) >= 11 is 0. The highest BCUT2D eigenvalue weighted by molar-refractivity contribution is 5.39. The molecule has 0 fully saturated rings. The van der Waals surface area contributed by atoms with Gasteiger partial charge in [-0.3, -0.25) is 10.1 Å². The van der Waals surface area contributed by atoms with Gasteiger partial charge in [-0.25, -0.2) is 4.39 Å². The molecule has 0 heterocycles. The summed E-state index contributed by atoms with van der Waals surface area (Å²) < 4.78 is 31.0. The SMILES string of the molecule is CCCOc1cc(F)c([N+](=O)[O-])cc1F. The smallest absolute Gasteiger partial charge is 0.307 e. The molecule has 0 atom stereocenters. The molecular weight excluding hydrogens is 208 g/mol. The van der Waals surface area contributed by atoms with Crippen molar-refractivity contribution in [2.45, 2.75) is 13.3 Å². The first-order chi connectivity index (χ1) is 7.06. The van der Waals surface area contributed by atoms with Crippen LogP contribution in [-0.4, -0.2) is 11.5 Å². The summed E-state index contributed by atoms with van der Waals surface area (Å²) in [5.41, 5.74) is -0.892. The third-order valence-corrected chi connectivity index (χ3v) is 1.66. The lowest BCUT2D eigenvalue weighted by Crippen LogP contribution is -2.00. The standard InChI is InChI=1S/C9H9F2NO3/c1-2-3-15-9-5-6(10)8(12(13)14)4-7(9)11/h4-5H,2-3H2,1H3. The average molecular weight is 217 g/mol. The van der Waals surface area contributed by atoms with Gasteiger partial charge in [-0.15, -0.1) is 0 Å². The molecule has 1 aromatic rings. The van der Waals surface area contributed by atoms with Gasteiger partial charge >= 0.3 is 5.69 Å². The molecule has 0 aliphatic heterocycles. The second-order valence-electron chi connectivity index (χ2n) is 2.84. The van der Waals surface area contributed by atoms with E-state index >= 15 is 0 Å². The molecule has 0 bridgehead atoms. The molecule has 0 saturated carbocycles. The van der Waals surface area contributed by atoms with Gasteiger partial charge in [0.05, 0.1) is 17.6 Å². The Bertz CT molecular complexity index is 382. The third kappa shape index (κ3) is 2.61. The van der Waals surface area contributed by atoms with E-state index in [9.17, 15) is 18.9 Å². The summed E-state index contributed by atoms with van der Waals surface area (Å²) in [7, 11) is 0. The minimum Gasteiger partial charge on any atom is -0.490 e. The Hall–Kier alpha value is -1.72. The minimum atomic E-state index is -1.10. The molecule has 0 N–H and O–H groups in total. The highest BCUT2D eigenvalue weighted by atomic mass is 19.1. The Balaban J connectivity index is 3.02. The van der Waals surface area contributed by atoms with Crippen LogP contribution in [0.5, 0.6) is 5.75 Å². The Morgan fingerprint density at radius 1 is 1.40 bits per heavy atom. The summed E-state index contributed by atoms with van der Waals surface area (Å²) in [6.07, 6.45) is 0.637. The number of rotatable bonds is 4. The zero-order valence-electron chi connectivity index (χ0n) is 8.00. The van der Waals surface area contributed by atoms with E-state index in [1.165, 1.54) is 0 Å². The fourth-order valence-corrected chi connectivity index (χ4v) is 0.981. The summed E-state index contributed by atoms with van der Waals surface area (Å²) in [6.45, 7) is 2.04. The molecule has 1 rings (SSSR count). The zero-order valence-corrected chi connectivity index (χ0v) is 8.00. The molecule has 82 valence electrons. The number of ether oxygens (including phenoxy) is 1. The molecular formula is C9H9F2NO3. The van der Waals surface area contributed by atoms with E-state index in [2.05, 4.69) is 0 Å². The number of benzene rings is 1. The largest absolute Gasteiger partial charge is 0.490 e.